The van der Waals surface area contributed by atoms with Gasteiger partial charge < -0.3 is 10.2 Å². The lowest BCUT2D eigenvalue weighted by Gasteiger charge is -2.23. The first-order chi connectivity index (χ1) is 7.89. The molecular weight excluding hydrogens is 218 g/mol. The molecule has 0 fully saturated rings. The molecule has 1 atom stereocenters. The van der Waals surface area contributed by atoms with E-state index in [-0.39, 0.29) is 0 Å². The Labute approximate surface area is 101 Å². The van der Waals surface area contributed by atoms with Crippen LogP contribution in [-0.4, -0.2) is 28.3 Å². The van der Waals surface area contributed by atoms with E-state index in [9.17, 15) is 4.79 Å². The van der Waals surface area contributed by atoms with E-state index >= 15 is 0 Å². The van der Waals surface area contributed by atoms with Crippen LogP contribution in [0.2, 0.25) is 0 Å². The number of aliphatic hydroxyl groups is 1. The second kappa shape index (κ2) is 5.29. The Morgan fingerprint density at radius 1 is 1.35 bits per heavy atom. The lowest BCUT2D eigenvalue weighted by Crippen LogP contribution is -2.52. The Hall–Kier alpha value is -1.39. The van der Waals surface area contributed by atoms with E-state index in [1.807, 2.05) is 32.0 Å². The van der Waals surface area contributed by atoms with Crippen molar-refractivity contribution in [1.82, 2.24) is 5.32 Å². The smallest absolute Gasteiger partial charge is 0.326 e. The molecule has 94 valence electrons. The number of nitrogens with one attached hydrogen (secondary N) is 1. The molecular formula is C13H19NO3. The normalized spacial score (nSPS) is 14.4. The van der Waals surface area contributed by atoms with Gasteiger partial charge in [-0.05, 0) is 37.5 Å². The number of aryl methyl sites for hydroxylation is 2. The van der Waals surface area contributed by atoms with Gasteiger partial charge in [-0.25, -0.2) is 0 Å². The van der Waals surface area contributed by atoms with Crippen LogP contribution >= 0.6 is 0 Å². The van der Waals surface area contributed by atoms with Crippen LogP contribution in [-0.2, 0) is 11.3 Å². The van der Waals surface area contributed by atoms with E-state index in [0.717, 1.165) is 5.56 Å². The maximum absolute atomic E-state index is 11.0. The van der Waals surface area contributed by atoms with Gasteiger partial charge in [0.2, 0.25) is 0 Å². The number of benzene rings is 1. The molecule has 1 aromatic rings. The lowest BCUT2D eigenvalue weighted by molar-refractivity contribution is -0.145. The van der Waals surface area contributed by atoms with Crippen LogP contribution in [0.4, 0.5) is 0 Å². The molecule has 0 heterocycles. The van der Waals surface area contributed by atoms with E-state index in [1.54, 1.807) is 0 Å². The average Bonchev–Trinajstić information content (AvgIpc) is 2.30. The number of rotatable bonds is 5. The van der Waals surface area contributed by atoms with Gasteiger partial charge in [-0.2, -0.15) is 0 Å². The fraction of sp³-hybridized carbons (Fsp3) is 0.462. The highest BCUT2D eigenvalue weighted by atomic mass is 16.4. The minimum Gasteiger partial charge on any atom is -0.480 e. The summed E-state index contributed by atoms with van der Waals surface area (Å²) in [5, 5.41) is 20.9. The molecule has 0 saturated heterocycles. The summed E-state index contributed by atoms with van der Waals surface area (Å²) in [6.45, 7) is 5.50. The van der Waals surface area contributed by atoms with Crippen molar-refractivity contribution < 1.29 is 15.0 Å². The highest BCUT2D eigenvalue weighted by Gasteiger charge is 2.31. The van der Waals surface area contributed by atoms with Crippen molar-refractivity contribution in [2.75, 3.05) is 6.61 Å². The zero-order valence-electron chi connectivity index (χ0n) is 10.4. The van der Waals surface area contributed by atoms with Crippen molar-refractivity contribution in [2.24, 2.45) is 0 Å². The summed E-state index contributed by atoms with van der Waals surface area (Å²) in [6.07, 6.45) is 0. The van der Waals surface area contributed by atoms with Crippen LogP contribution in [0, 0.1) is 13.8 Å². The van der Waals surface area contributed by atoms with E-state index in [2.05, 4.69) is 5.32 Å². The van der Waals surface area contributed by atoms with Crippen LogP contribution in [0.15, 0.2) is 18.2 Å². The third-order valence-corrected chi connectivity index (χ3v) is 3.04. The predicted octanol–water partition coefficient (Wildman–Crippen LogP) is 1.23. The standard InChI is InChI=1S/C13H19NO3/c1-9-4-5-11(6-10(9)2)7-14-13(3,8-15)12(16)17/h4-6,14-15H,7-8H2,1-3H3,(H,16,17)/t13-/m1/s1. The molecule has 0 bridgehead atoms. The summed E-state index contributed by atoms with van der Waals surface area (Å²) in [7, 11) is 0. The van der Waals surface area contributed by atoms with Gasteiger partial charge in [-0.1, -0.05) is 18.2 Å². The summed E-state index contributed by atoms with van der Waals surface area (Å²) in [5.41, 5.74) is 2.09. The monoisotopic (exact) mass is 237 g/mol. The van der Waals surface area contributed by atoms with Gasteiger partial charge in [-0.15, -0.1) is 0 Å². The van der Waals surface area contributed by atoms with Crippen molar-refractivity contribution in [3.8, 4) is 0 Å². The van der Waals surface area contributed by atoms with Crippen molar-refractivity contribution in [1.29, 1.82) is 0 Å². The summed E-state index contributed by atoms with van der Waals surface area (Å²) >= 11 is 0. The van der Waals surface area contributed by atoms with Crippen molar-refractivity contribution in [3.05, 3.63) is 34.9 Å². The summed E-state index contributed by atoms with van der Waals surface area (Å²) < 4.78 is 0. The van der Waals surface area contributed by atoms with E-state index in [0.29, 0.717) is 6.54 Å². The van der Waals surface area contributed by atoms with Gasteiger partial charge in [0.25, 0.3) is 0 Å². The van der Waals surface area contributed by atoms with Crippen molar-refractivity contribution in [3.63, 3.8) is 0 Å². The van der Waals surface area contributed by atoms with Crippen molar-refractivity contribution in [2.45, 2.75) is 32.9 Å². The molecule has 4 heteroatoms. The largest absolute Gasteiger partial charge is 0.480 e. The minimum absolute atomic E-state index is 0.421. The van der Waals surface area contributed by atoms with Crippen LogP contribution in [0.25, 0.3) is 0 Å². The Morgan fingerprint density at radius 3 is 2.47 bits per heavy atom. The number of hydrogen-bond acceptors (Lipinski definition) is 3. The highest BCUT2D eigenvalue weighted by Crippen LogP contribution is 2.11. The molecule has 0 radical (unpaired) electrons. The molecule has 1 aromatic carbocycles. The second-order valence-corrected chi connectivity index (χ2v) is 4.57. The van der Waals surface area contributed by atoms with Crippen molar-refractivity contribution >= 4 is 5.97 Å². The van der Waals surface area contributed by atoms with Gasteiger partial charge in [0.1, 0.15) is 5.54 Å². The maximum atomic E-state index is 11.0. The first-order valence-electron chi connectivity index (χ1n) is 5.54. The molecule has 0 aliphatic carbocycles. The fourth-order valence-corrected chi connectivity index (χ4v) is 1.41. The number of hydrogen-bond donors (Lipinski definition) is 3. The molecule has 0 spiro atoms. The number of carboxylic acid groups (broad SMARTS) is 1. The third kappa shape index (κ3) is 3.28. The molecule has 0 aliphatic rings. The second-order valence-electron chi connectivity index (χ2n) is 4.57. The Bertz CT molecular complexity index is 417. The maximum Gasteiger partial charge on any atom is 0.326 e. The van der Waals surface area contributed by atoms with Crippen LogP contribution < -0.4 is 5.32 Å². The van der Waals surface area contributed by atoms with Gasteiger partial charge in [0, 0.05) is 6.54 Å². The van der Waals surface area contributed by atoms with Crippen LogP contribution in [0.1, 0.15) is 23.6 Å². The zero-order valence-corrected chi connectivity index (χ0v) is 10.4. The Morgan fingerprint density at radius 2 is 2.00 bits per heavy atom. The SMILES string of the molecule is Cc1ccc(CN[C@](C)(CO)C(=O)O)cc1C. The fourth-order valence-electron chi connectivity index (χ4n) is 1.41. The molecule has 0 aliphatic heterocycles. The van der Waals surface area contributed by atoms with Crippen LogP contribution in [0.3, 0.4) is 0 Å². The number of aliphatic hydroxyl groups excluding tert-OH is 1. The number of aliphatic carboxylic acids is 1. The molecule has 17 heavy (non-hydrogen) atoms. The predicted molar refractivity (Wildman–Crippen MR) is 65.9 cm³/mol. The molecule has 0 unspecified atom stereocenters. The highest BCUT2D eigenvalue weighted by molar-refractivity contribution is 5.78. The number of carbonyl (C=O) groups is 1. The molecule has 0 aromatic heterocycles. The molecule has 3 N–H and O–H groups in total. The Kier molecular flexibility index (Phi) is 4.26. The Balaban J connectivity index is 2.73. The minimum atomic E-state index is -1.29. The zero-order chi connectivity index (χ0) is 13.1. The summed E-state index contributed by atoms with van der Waals surface area (Å²) in [6, 6.07) is 5.97. The number of carboxylic acids is 1. The first kappa shape index (κ1) is 13.7. The van der Waals surface area contributed by atoms with Gasteiger partial charge >= 0.3 is 5.97 Å². The van der Waals surface area contributed by atoms with E-state index in [4.69, 9.17) is 10.2 Å². The quantitative estimate of drug-likeness (QED) is 0.720. The van der Waals surface area contributed by atoms with Gasteiger partial charge in [0.05, 0.1) is 6.61 Å². The van der Waals surface area contributed by atoms with E-state index < -0.39 is 18.1 Å². The van der Waals surface area contributed by atoms with Crippen LogP contribution in [0.5, 0.6) is 0 Å². The molecule has 4 nitrogen and oxygen atoms in total. The molecule has 0 saturated carbocycles. The topological polar surface area (TPSA) is 69.6 Å². The average molecular weight is 237 g/mol. The third-order valence-electron chi connectivity index (χ3n) is 3.04. The first-order valence-corrected chi connectivity index (χ1v) is 5.54. The molecule has 1 rings (SSSR count). The lowest BCUT2D eigenvalue weighted by atomic mass is 10.0. The molecule has 0 amide bonds. The van der Waals surface area contributed by atoms with Gasteiger partial charge in [0.15, 0.2) is 0 Å². The van der Waals surface area contributed by atoms with E-state index in [1.165, 1.54) is 18.1 Å². The van der Waals surface area contributed by atoms with Gasteiger partial charge in [-0.3, -0.25) is 10.1 Å². The summed E-state index contributed by atoms with van der Waals surface area (Å²) in [5.74, 6) is -1.05. The summed E-state index contributed by atoms with van der Waals surface area (Å²) in [4.78, 5) is 11.0.